The number of azo groups is 1. The van der Waals surface area contributed by atoms with E-state index in [1.165, 1.54) is 32.0 Å². The van der Waals surface area contributed by atoms with Crippen molar-refractivity contribution in [2.24, 2.45) is 10.2 Å². The van der Waals surface area contributed by atoms with Gasteiger partial charge >= 0.3 is 0 Å². The van der Waals surface area contributed by atoms with Crippen molar-refractivity contribution in [2.45, 2.75) is 18.7 Å². The van der Waals surface area contributed by atoms with Crippen LogP contribution in [0.1, 0.15) is 13.8 Å². The molecule has 102 valence electrons. The van der Waals surface area contributed by atoms with Crippen molar-refractivity contribution in [2.75, 3.05) is 0 Å². The van der Waals surface area contributed by atoms with Gasteiger partial charge in [-0.15, -0.1) is 10.2 Å². The van der Waals surface area contributed by atoms with Gasteiger partial charge in [0, 0.05) is 6.92 Å². The van der Waals surface area contributed by atoms with Gasteiger partial charge in [-0.25, -0.2) is 0 Å². The lowest BCUT2D eigenvalue weighted by Crippen LogP contribution is -1.99. The molecule has 0 saturated carbocycles. The van der Waals surface area contributed by atoms with Gasteiger partial charge in [0.2, 0.25) is 0 Å². The molecule has 2 N–H and O–H groups in total. The Morgan fingerprint density at radius 2 is 1.79 bits per heavy atom. The zero-order chi connectivity index (χ0) is 14.6. The number of hydrogen-bond donors (Lipinski definition) is 2. The average Bonchev–Trinajstić information content (AvgIpc) is 2.27. The summed E-state index contributed by atoms with van der Waals surface area (Å²) in [7, 11) is -4.44. The molecule has 1 aromatic rings. The van der Waals surface area contributed by atoms with Gasteiger partial charge in [0.05, 0.1) is 0 Å². The maximum Gasteiger partial charge on any atom is 0.296 e. The quantitative estimate of drug-likeness (QED) is 0.381. The van der Waals surface area contributed by atoms with Crippen molar-refractivity contribution in [3.63, 3.8) is 0 Å². The van der Waals surface area contributed by atoms with E-state index in [9.17, 15) is 18.3 Å². The van der Waals surface area contributed by atoms with Gasteiger partial charge in [0.1, 0.15) is 16.3 Å². The highest BCUT2D eigenvalue weighted by Gasteiger charge is 2.15. The summed E-state index contributed by atoms with van der Waals surface area (Å²) in [6, 6.07) is 5.34. The predicted octanol–water partition coefficient (Wildman–Crippen LogP) is 2.40. The van der Waals surface area contributed by atoms with Crippen LogP contribution >= 0.6 is 0 Å². The molecule has 0 aliphatic rings. The van der Waals surface area contributed by atoms with Crippen LogP contribution in [0, 0.1) is 0 Å². The Hall–Kier alpha value is -2.06. The summed E-state index contributed by atoms with van der Waals surface area (Å²) in [6.07, 6.45) is 0. The maximum atomic E-state index is 11.1. The standard InChI is InChI=1S/C11H12N2O5S/c1-7(14)11(8(2)15)13-12-9-5-3-4-6-10(9)19(16,17)18/h3-6,14H,1-2H3,(H,16,17,18). The first-order valence-electron chi connectivity index (χ1n) is 5.12. The Bertz CT molecular complexity index is 657. The first-order chi connectivity index (χ1) is 8.73. The van der Waals surface area contributed by atoms with Crippen LogP contribution in [0.15, 0.2) is 50.8 Å². The fraction of sp³-hybridized carbons (Fsp3) is 0.182. The highest BCUT2D eigenvalue weighted by Crippen LogP contribution is 2.24. The SMILES string of the molecule is CC(=O)C(N=Nc1ccccc1S(=O)(=O)O)=C(C)O. The Labute approximate surface area is 110 Å². The second-order valence-corrected chi connectivity index (χ2v) is 5.02. The van der Waals surface area contributed by atoms with Gasteiger partial charge in [-0.1, -0.05) is 12.1 Å². The number of benzene rings is 1. The summed E-state index contributed by atoms with van der Waals surface area (Å²) < 4.78 is 31.2. The van der Waals surface area contributed by atoms with Gasteiger partial charge in [0.15, 0.2) is 11.5 Å². The molecule has 1 aromatic carbocycles. The van der Waals surface area contributed by atoms with Crippen LogP contribution < -0.4 is 0 Å². The van der Waals surface area contributed by atoms with Crippen molar-refractivity contribution >= 4 is 21.6 Å². The first kappa shape index (κ1) is 15.0. The molecule has 0 saturated heterocycles. The lowest BCUT2D eigenvalue weighted by atomic mass is 10.3. The molecular formula is C11H12N2O5S. The van der Waals surface area contributed by atoms with Gasteiger partial charge in [-0.2, -0.15) is 8.42 Å². The second kappa shape index (κ2) is 5.72. The number of ketones is 1. The first-order valence-corrected chi connectivity index (χ1v) is 6.56. The van der Waals surface area contributed by atoms with Crippen LogP contribution in [0.4, 0.5) is 5.69 Å². The number of carbonyl (C=O) groups is 1. The molecule has 7 nitrogen and oxygen atoms in total. The predicted molar refractivity (Wildman–Crippen MR) is 66.8 cm³/mol. The normalized spacial score (nSPS) is 13.4. The van der Waals surface area contributed by atoms with E-state index < -0.39 is 20.8 Å². The molecule has 0 fully saturated rings. The Kier molecular flexibility index (Phi) is 4.52. The zero-order valence-corrected chi connectivity index (χ0v) is 11.0. The van der Waals surface area contributed by atoms with Gasteiger partial charge in [-0.3, -0.25) is 9.35 Å². The van der Waals surface area contributed by atoms with Gasteiger partial charge in [0.25, 0.3) is 10.1 Å². The van der Waals surface area contributed by atoms with Crippen LogP contribution in [0.3, 0.4) is 0 Å². The largest absolute Gasteiger partial charge is 0.510 e. The van der Waals surface area contributed by atoms with E-state index in [0.717, 1.165) is 6.07 Å². The highest BCUT2D eigenvalue weighted by atomic mass is 32.2. The van der Waals surface area contributed by atoms with E-state index in [0.29, 0.717) is 0 Å². The lowest BCUT2D eigenvalue weighted by molar-refractivity contribution is -0.113. The molecule has 0 spiro atoms. The smallest absolute Gasteiger partial charge is 0.296 e. The average molecular weight is 284 g/mol. The Morgan fingerprint density at radius 1 is 1.21 bits per heavy atom. The van der Waals surface area contributed by atoms with Crippen LogP contribution in [0.2, 0.25) is 0 Å². The molecule has 0 aliphatic carbocycles. The van der Waals surface area contributed by atoms with Gasteiger partial charge < -0.3 is 5.11 Å². The van der Waals surface area contributed by atoms with Crippen molar-refractivity contribution < 1.29 is 22.9 Å². The molecule has 0 bridgehead atoms. The van der Waals surface area contributed by atoms with Crippen molar-refractivity contribution in [1.29, 1.82) is 0 Å². The fourth-order valence-electron chi connectivity index (χ4n) is 1.26. The van der Waals surface area contributed by atoms with Crippen LogP contribution in [-0.2, 0) is 14.9 Å². The Balaban J connectivity index is 3.29. The third-order valence-electron chi connectivity index (χ3n) is 2.08. The fourth-order valence-corrected chi connectivity index (χ4v) is 1.88. The number of aliphatic hydroxyl groups is 1. The van der Waals surface area contributed by atoms with Crippen LogP contribution in [-0.4, -0.2) is 23.9 Å². The number of hydrogen-bond acceptors (Lipinski definition) is 6. The summed E-state index contributed by atoms with van der Waals surface area (Å²) in [4.78, 5) is 10.7. The van der Waals surface area contributed by atoms with Gasteiger partial charge in [-0.05, 0) is 19.1 Å². The van der Waals surface area contributed by atoms with E-state index >= 15 is 0 Å². The van der Waals surface area contributed by atoms with E-state index in [4.69, 9.17) is 4.55 Å². The summed E-state index contributed by atoms with van der Waals surface area (Å²) >= 11 is 0. The van der Waals surface area contributed by atoms with E-state index in [-0.39, 0.29) is 17.1 Å². The third-order valence-corrected chi connectivity index (χ3v) is 2.98. The van der Waals surface area contributed by atoms with Crippen LogP contribution in [0.25, 0.3) is 0 Å². The molecule has 8 heteroatoms. The summed E-state index contributed by atoms with van der Waals surface area (Å²) in [5.41, 5.74) is -0.421. The molecular weight excluding hydrogens is 272 g/mol. The molecule has 0 aliphatic heterocycles. The number of nitrogens with zero attached hydrogens (tertiary/aromatic N) is 2. The molecule has 0 atom stereocenters. The molecule has 1 rings (SSSR count). The molecule has 0 unspecified atom stereocenters. The summed E-state index contributed by atoms with van der Waals surface area (Å²) in [5.74, 6) is -0.853. The van der Waals surface area contributed by atoms with E-state index in [1.54, 1.807) is 0 Å². The van der Waals surface area contributed by atoms with Crippen molar-refractivity contribution in [3.8, 4) is 0 Å². The molecule has 0 aromatic heterocycles. The summed E-state index contributed by atoms with van der Waals surface area (Å²) in [5, 5.41) is 16.3. The monoisotopic (exact) mass is 284 g/mol. The minimum atomic E-state index is -4.44. The minimum Gasteiger partial charge on any atom is -0.510 e. The molecule has 0 heterocycles. The Morgan fingerprint density at radius 3 is 2.26 bits per heavy atom. The third kappa shape index (κ3) is 3.97. The number of carbonyl (C=O) groups excluding carboxylic acids is 1. The van der Waals surface area contributed by atoms with E-state index in [2.05, 4.69) is 10.2 Å². The lowest BCUT2D eigenvalue weighted by Gasteiger charge is -2.01. The second-order valence-electron chi connectivity index (χ2n) is 3.63. The number of aliphatic hydroxyl groups excluding tert-OH is 1. The molecule has 19 heavy (non-hydrogen) atoms. The van der Waals surface area contributed by atoms with E-state index in [1.807, 2.05) is 0 Å². The number of rotatable bonds is 4. The molecule has 0 radical (unpaired) electrons. The number of allylic oxidation sites excluding steroid dienone is 2. The topological polar surface area (TPSA) is 116 Å². The highest BCUT2D eigenvalue weighted by molar-refractivity contribution is 7.86. The number of Topliss-reactive ketones (excluding diaryl/α,β-unsaturated/α-hetero) is 1. The zero-order valence-electron chi connectivity index (χ0n) is 10.2. The van der Waals surface area contributed by atoms with Crippen molar-refractivity contribution in [3.05, 3.63) is 35.7 Å². The van der Waals surface area contributed by atoms with Crippen LogP contribution in [0.5, 0.6) is 0 Å². The minimum absolute atomic E-state index is 0.134. The maximum absolute atomic E-state index is 11.1. The molecule has 0 amide bonds. The van der Waals surface area contributed by atoms with Crippen molar-refractivity contribution in [1.82, 2.24) is 0 Å². The summed E-state index contributed by atoms with van der Waals surface area (Å²) in [6.45, 7) is 2.44.